The zero-order chi connectivity index (χ0) is 33.6. The van der Waals surface area contributed by atoms with E-state index in [1.54, 1.807) is 29.8 Å². The number of imide groups is 1. The lowest BCUT2D eigenvalue weighted by atomic mass is 9.96. The van der Waals surface area contributed by atoms with E-state index in [4.69, 9.17) is 30.5 Å². The van der Waals surface area contributed by atoms with E-state index in [0.717, 1.165) is 15.8 Å². The molecule has 2 amide bonds. The molecule has 5 aromatic rings. The second-order valence-electron chi connectivity index (χ2n) is 12.6. The zero-order valence-corrected chi connectivity index (χ0v) is 27.1. The summed E-state index contributed by atoms with van der Waals surface area (Å²) in [6.07, 6.45) is -7.27. The van der Waals surface area contributed by atoms with Crippen LogP contribution in [0.5, 0.6) is 0 Å². The molecule has 3 aliphatic rings. The van der Waals surface area contributed by atoms with Gasteiger partial charge in [0.1, 0.15) is 24.4 Å². The molecule has 5 heterocycles. The van der Waals surface area contributed by atoms with Gasteiger partial charge in [0.25, 0.3) is 11.8 Å². The Morgan fingerprint density at radius 2 is 1.73 bits per heavy atom. The Bertz CT molecular complexity index is 2110. The molecule has 3 aromatic carbocycles. The molecule has 2 aromatic heterocycles. The van der Waals surface area contributed by atoms with Crippen LogP contribution >= 0.6 is 11.6 Å². The van der Waals surface area contributed by atoms with Crippen LogP contribution in [0.1, 0.15) is 33.4 Å². The van der Waals surface area contributed by atoms with E-state index in [2.05, 4.69) is 10.3 Å². The summed E-state index contributed by atoms with van der Waals surface area (Å²) in [6, 6.07) is 12.5. The van der Waals surface area contributed by atoms with Gasteiger partial charge in [-0.2, -0.15) is 0 Å². The number of nitrogens with zero attached hydrogens (tertiary/aromatic N) is 2. The predicted octanol–water partition coefficient (Wildman–Crippen LogP) is 2.65. The Kier molecular flexibility index (Phi) is 7.75. The summed E-state index contributed by atoms with van der Waals surface area (Å²) >= 11 is 6.92. The first-order valence-corrected chi connectivity index (χ1v) is 16.2. The number of ether oxygens (including phenoxy) is 4. The summed E-state index contributed by atoms with van der Waals surface area (Å²) in [5.74, 6) is -0.882. The van der Waals surface area contributed by atoms with Gasteiger partial charge in [0.05, 0.1) is 58.1 Å². The molecule has 0 saturated carbocycles. The number of carbonyl (C=O) groups excluding carboxylic acids is 2. The quantitative estimate of drug-likeness (QED) is 0.169. The minimum absolute atomic E-state index is 0.0970. The van der Waals surface area contributed by atoms with Crippen molar-refractivity contribution in [1.29, 1.82) is 0 Å². The topological polar surface area (TPSA) is 168 Å². The molecule has 8 atom stereocenters. The largest absolute Gasteiger partial charge is 0.391 e. The van der Waals surface area contributed by atoms with Gasteiger partial charge >= 0.3 is 0 Å². The van der Waals surface area contributed by atoms with Gasteiger partial charge in [0.2, 0.25) is 0 Å². The van der Waals surface area contributed by atoms with Crippen LogP contribution in [-0.2, 0) is 18.9 Å². The minimum atomic E-state index is -1.52. The predicted molar refractivity (Wildman–Crippen MR) is 176 cm³/mol. The summed E-state index contributed by atoms with van der Waals surface area (Å²) in [5, 5.41) is 39.4. The highest BCUT2D eigenvalue weighted by molar-refractivity contribution is 6.41. The Morgan fingerprint density at radius 3 is 2.46 bits per heavy atom. The number of para-hydroxylation sites is 2. The molecule has 2 fully saturated rings. The molecule has 0 bridgehead atoms. The van der Waals surface area contributed by atoms with Gasteiger partial charge in [-0.1, -0.05) is 41.9 Å². The molecule has 3 aliphatic heterocycles. The molecule has 0 aliphatic carbocycles. The van der Waals surface area contributed by atoms with Gasteiger partial charge in [0.15, 0.2) is 12.5 Å². The van der Waals surface area contributed by atoms with Crippen molar-refractivity contribution in [3.05, 3.63) is 58.6 Å². The van der Waals surface area contributed by atoms with E-state index >= 15 is 0 Å². The molecule has 2 saturated heterocycles. The van der Waals surface area contributed by atoms with Crippen molar-refractivity contribution in [2.24, 2.45) is 0 Å². The fraction of sp³-hybridized carbons (Fsp3) is 0.412. The number of aliphatic hydroxyl groups excluding tert-OH is 3. The van der Waals surface area contributed by atoms with Crippen molar-refractivity contribution in [2.75, 3.05) is 34.4 Å². The maximum absolute atomic E-state index is 13.9. The molecular formula is C34H35ClN4O9. The highest BCUT2D eigenvalue weighted by Crippen LogP contribution is 2.48. The number of methoxy groups -OCH3 is 1. The molecule has 8 unspecified atom stereocenters. The van der Waals surface area contributed by atoms with E-state index in [9.17, 15) is 24.9 Å². The van der Waals surface area contributed by atoms with Crippen LogP contribution in [0, 0.1) is 0 Å². The van der Waals surface area contributed by atoms with Crippen molar-refractivity contribution < 1.29 is 43.9 Å². The number of hydrogen-bond acceptors (Lipinski definition) is 10. The third-order valence-electron chi connectivity index (χ3n) is 10.1. The number of halogens is 1. The number of H-pyrrole nitrogens is 1. The first kappa shape index (κ1) is 31.6. The number of fused-ring (bicyclic) bond motifs is 10. The normalized spacial score (nSPS) is 29.6. The summed E-state index contributed by atoms with van der Waals surface area (Å²) < 4.78 is 25.7. The lowest BCUT2D eigenvalue weighted by molar-refractivity contribution is -0.275. The second kappa shape index (κ2) is 11.8. The Hall–Kier alpha value is -3.63. The van der Waals surface area contributed by atoms with Gasteiger partial charge < -0.3 is 49.1 Å². The van der Waals surface area contributed by atoms with Crippen LogP contribution in [-0.4, -0.2) is 119 Å². The molecule has 48 heavy (non-hydrogen) atoms. The SMILES string of the molecule is CNC1COC(OCC2OC(n3c4c(Cl)cccc4c4c5c(c6c7ccccc7[nH]c6c43)C(=O)N(C)C5=O)C(O)C(O)C2OC)CC1O. The van der Waals surface area contributed by atoms with Crippen molar-refractivity contribution in [2.45, 2.75) is 55.5 Å². The number of amides is 2. The summed E-state index contributed by atoms with van der Waals surface area (Å²) in [7, 11) is 4.61. The zero-order valence-electron chi connectivity index (χ0n) is 26.3. The number of hydrogen-bond donors (Lipinski definition) is 5. The van der Waals surface area contributed by atoms with Crippen molar-refractivity contribution >= 4 is 67.0 Å². The highest BCUT2D eigenvalue weighted by atomic mass is 35.5. The number of carbonyl (C=O) groups is 2. The van der Waals surface area contributed by atoms with Gasteiger partial charge in [-0.25, -0.2) is 0 Å². The summed E-state index contributed by atoms with van der Waals surface area (Å²) in [4.78, 5) is 32.1. The monoisotopic (exact) mass is 678 g/mol. The fourth-order valence-corrected chi connectivity index (χ4v) is 7.93. The number of nitrogens with one attached hydrogen (secondary N) is 2. The van der Waals surface area contributed by atoms with Gasteiger partial charge in [-0.3, -0.25) is 14.5 Å². The molecule has 252 valence electrons. The third-order valence-corrected chi connectivity index (χ3v) is 10.4. The molecule has 0 radical (unpaired) electrons. The number of aromatic nitrogens is 2. The van der Waals surface area contributed by atoms with E-state index in [1.807, 2.05) is 24.3 Å². The Labute approximate surface area is 278 Å². The van der Waals surface area contributed by atoms with Crippen LogP contribution in [0.3, 0.4) is 0 Å². The first-order chi connectivity index (χ1) is 23.2. The molecular weight excluding hydrogens is 644 g/mol. The summed E-state index contributed by atoms with van der Waals surface area (Å²) in [6.45, 7) is 0.146. The molecule has 8 rings (SSSR count). The number of benzene rings is 3. The Balaban J connectivity index is 1.33. The van der Waals surface area contributed by atoms with E-state index < -0.39 is 54.9 Å². The van der Waals surface area contributed by atoms with E-state index in [1.165, 1.54) is 14.2 Å². The highest BCUT2D eigenvalue weighted by Gasteiger charge is 2.48. The van der Waals surface area contributed by atoms with Crippen LogP contribution in [0.15, 0.2) is 42.5 Å². The standard InChI is InChI=1S/C34H35ClN4O9/c1-36-18-12-46-21(11-19(18)40)47-13-20-31(45-3)29(41)30(42)34(48-20)39-27-15(8-6-9-16(27)35)23-25-24(32(43)38(2)33(25)44)22-14-7-4-5-10-17(14)37-26(22)28(23)39/h4-10,18-21,29-31,34,36-37,40-42H,11-13H2,1-3H3. The van der Waals surface area contributed by atoms with Gasteiger partial charge in [-0.05, 0) is 19.2 Å². The second-order valence-corrected chi connectivity index (χ2v) is 13.0. The maximum atomic E-state index is 13.9. The molecule has 0 spiro atoms. The van der Waals surface area contributed by atoms with Crippen LogP contribution in [0.25, 0.3) is 43.6 Å². The van der Waals surface area contributed by atoms with E-state index in [0.29, 0.717) is 37.7 Å². The van der Waals surface area contributed by atoms with E-state index in [-0.39, 0.29) is 36.8 Å². The van der Waals surface area contributed by atoms with Crippen molar-refractivity contribution in [3.63, 3.8) is 0 Å². The lowest BCUT2D eigenvalue weighted by Gasteiger charge is -2.43. The average molecular weight is 679 g/mol. The Morgan fingerprint density at radius 1 is 1.00 bits per heavy atom. The number of rotatable bonds is 6. The summed E-state index contributed by atoms with van der Waals surface area (Å²) in [5.41, 5.74) is 2.72. The average Bonchev–Trinajstić information content (AvgIpc) is 3.70. The van der Waals surface area contributed by atoms with Gasteiger partial charge in [0, 0.05) is 47.6 Å². The maximum Gasteiger partial charge on any atom is 0.262 e. The number of aliphatic hydroxyl groups is 3. The van der Waals surface area contributed by atoms with Crippen molar-refractivity contribution in [1.82, 2.24) is 19.8 Å². The van der Waals surface area contributed by atoms with Crippen LogP contribution in [0.2, 0.25) is 5.02 Å². The van der Waals surface area contributed by atoms with Gasteiger partial charge in [-0.15, -0.1) is 0 Å². The lowest BCUT2D eigenvalue weighted by Crippen LogP contribution is -2.58. The fourth-order valence-electron chi connectivity index (χ4n) is 7.66. The number of aromatic amines is 1. The molecule has 14 heteroatoms. The minimum Gasteiger partial charge on any atom is -0.391 e. The third kappa shape index (κ3) is 4.47. The molecule has 13 nitrogen and oxygen atoms in total. The smallest absolute Gasteiger partial charge is 0.262 e. The molecule has 5 N–H and O–H groups in total. The van der Waals surface area contributed by atoms with Crippen LogP contribution in [0.4, 0.5) is 0 Å². The van der Waals surface area contributed by atoms with Crippen molar-refractivity contribution in [3.8, 4) is 0 Å². The number of likely N-dealkylation sites (N-methyl/N-ethyl adjacent to an activating group) is 1. The first-order valence-electron chi connectivity index (χ1n) is 15.8. The van der Waals surface area contributed by atoms with Crippen LogP contribution < -0.4 is 5.32 Å².